The third-order valence-electron chi connectivity index (χ3n) is 3.89. The molecule has 0 spiro atoms. The second-order valence-electron chi connectivity index (χ2n) is 5.39. The summed E-state index contributed by atoms with van der Waals surface area (Å²) in [5.74, 6) is 0.235. The van der Waals surface area contributed by atoms with Crippen molar-refractivity contribution in [3.05, 3.63) is 17.2 Å². The van der Waals surface area contributed by atoms with Gasteiger partial charge < -0.3 is 19.8 Å². The highest BCUT2D eigenvalue weighted by atomic mass is 16.5. The molecule has 19 heavy (non-hydrogen) atoms. The smallest absolute Gasteiger partial charge is 0.237 e. The van der Waals surface area contributed by atoms with Crippen LogP contribution >= 0.6 is 0 Å². The highest BCUT2D eigenvalue weighted by Gasteiger charge is 2.53. The molecule has 3 heterocycles. The van der Waals surface area contributed by atoms with Crippen LogP contribution in [0.2, 0.25) is 0 Å². The molecule has 2 N–H and O–H groups in total. The average Bonchev–Trinajstić information content (AvgIpc) is 2.76. The van der Waals surface area contributed by atoms with Gasteiger partial charge in [0, 0.05) is 19.6 Å². The zero-order valence-electron chi connectivity index (χ0n) is 11.1. The fraction of sp³-hybridized carbons (Fsp3) is 0.429. The Morgan fingerprint density at radius 1 is 1.47 bits per heavy atom. The second kappa shape index (κ2) is 3.41. The van der Waals surface area contributed by atoms with Crippen molar-refractivity contribution in [3.8, 4) is 30.0 Å². The first-order valence-corrected chi connectivity index (χ1v) is 6.09. The Kier molecular flexibility index (Phi) is 2.13. The molecule has 0 aliphatic carbocycles. The van der Waals surface area contributed by atoms with Gasteiger partial charge in [0.25, 0.3) is 0 Å². The van der Waals surface area contributed by atoms with Crippen LogP contribution in [0, 0.1) is 12.5 Å². The Balaban J connectivity index is 2.24. The lowest BCUT2D eigenvalue weighted by molar-refractivity contribution is 0.0688. The van der Waals surface area contributed by atoms with Gasteiger partial charge in [0.15, 0.2) is 11.4 Å². The van der Waals surface area contributed by atoms with E-state index in [9.17, 15) is 10.2 Å². The zero-order valence-corrected chi connectivity index (χ0v) is 11.1. The Hall–Kier alpha value is -2.22. The Bertz CT molecular complexity index is 638. The van der Waals surface area contributed by atoms with Crippen LogP contribution in [-0.4, -0.2) is 31.8 Å². The quantitative estimate of drug-likeness (QED) is 0.548. The lowest BCUT2D eigenvalue weighted by atomic mass is 9.87. The van der Waals surface area contributed by atoms with Crippen LogP contribution in [0.4, 0.5) is 0 Å². The fourth-order valence-electron chi connectivity index (χ4n) is 3.15. The number of terminal acetylenes is 1. The van der Waals surface area contributed by atoms with Gasteiger partial charge >= 0.3 is 0 Å². The first-order chi connectivity index (χ1) is 8.89. The highest BCUT2D eigenvalue weighted by Crippen LogP contribution is 2.57. The number of fused-ring (bicyclic) bond motifs is 3. The minimum atomic E-state index is -0.664. The summed E-state index contributed by atoms with van der Waals surface area (Å²) in [6, 6.07) is 2.35. The van der Waals surface area contributed by atoms with E-state index in [0.717, 1.165) is 5.57 Å². The third-order valence-corrected chi connectivity index (χ3v) is 3.89. The average molecular weight is 260 g/mol. The predicted octanol–water partition coefficient (Wildman–Crippen LogP) is 1.48. The van der Waals surface area contributed by atoms with E-state index >= 15 is 0 Å². The third kappa shape index (κ3) is 1.31. The number of hydrogen-bond donors (Lipinski definition) is 2. The van der Waals surface area contributed by atoms with E-state index in [1.54, 1.807) is 11.9 Å². The van der Waals surface area contributed by atoms with Gasteiger partial charge in [0.2, 0.25) is 11.8 Å². The largest absolute Gasteiger partial charge is 0.494 e. The summed E-state index contributed by atoms with van der Waals surface area (Å²) in [6.45, 7) is 4.51. The summed E-state index contributed by atoms with van der Waals surface area (Å²) in [5.41, 5.74) is 0.997. The Morgan fingerprint density at radius 2 is 2.16 bits per heavy atom. The molecule has 1 aromatic heterocycles. The first kappa shape index (κ1) is 11.8. The maximum absolute atomic E-state index is 10.2. The number of nitrogens with zero attached hydrogens (tertiary/aromatic N) is 2. The molecular weight excluding hydrogens is 244 g/mol. The maximum Gasteiger partial charge on any atom is 0.237 e. The fourth-order valence-corrected chi connectivity index (χ4v) is 3.15. The van der Waals surface area contributed by atoms with Gasteiger partial charge in [-0.25, -0.2) is 0 Å². The van der Waals surface area contributed by atoms with Crippen molar-refractivity contribution in [1.82, 2.24) is 9.47 Å². The summed E-state index contributed by atoms with van der Waals surface area (Å²) in [7, 11) is 1.58. The van der Waals surface area contributed by atoms with Crippen molar-refractivity contribution >= 4 is 0 Å². The topological polar surface area (TPSA) is 57.9 Å². The van der Waals surface area contributed by atoms with Crippen molar-refractivity contribution < 1.29 is 14.9 Å². The normalized spacial score (nSPS) is 28.2. The molecule has 0 bridgehead atoms. The zero-order chi connectivity index (χ0) is 13.9. The minimum Gasteiger partial charge on any atom is -0.494 e. The number of hydrogen-bond acceptors (Lipinski definition) is 4. The van der Waals surface area contributed by atoms with E-state index in [1.807, 2.05) is 19.9 Å². The summed E-state index contributed by atoms with van der Waals surface area (Å²) in [4.78, 5) is 1.79. The molecule has 0 radical (unpaired) electrons. The molecule has 0 unspecified atom stereocenters. The van der Waals surface area contributed by atoms with Crippen LogP contribution in [0.25, 0.3) is 0 Å². The summed E-state index contributed by atoms with van der Waals surface area (Å²) < 4.78 is 7.18. The minimum absolute atomic E-state index is 0.00516. The molecule has 2 atom stereocenters. The molecule has 0 aromatic carbocycles. The van der Waals surface area contributed by atoms with Gasteiger partial charge in [-0.1, -0.05) is 12.0 Å². The van der Waals surface area contributed by atoms with Crippen molar-refractivity contribution in [2.45, 2.75) is 25.5 Å². The molecule has 2 aliphatic heterocycles. The van der Waals surface area contributed by atoms with Gasteiger partial charge in [-0.3, -0.25) is 4.57 Å². The molecule has 0 fully saturated rings. The SMILES string of the molecule is C#CN1CC(C)=C[C@]2(C)Oc3c(c(O)n(C)c3O)[C@H]12. The summed E-state index contributed by atoms with van der Waals surface area (Å²) in [5, 5.41) is 20.2. The van der Waals surface area contributed by atoms with Crippen LogP contribution in [-0.2, 0) is 7.05 Å². The molecule has 0 amide bonds. The van der Waals surface area contributed by atoms with Gasteiger partial charge in [-0.2, -0.15) is 0 Å². The van der Waals surface area contributed by atoms with Crippen molar-refractivity contribution in [2.75, 3.05) is 6.54 Å². The molecule has 3 rings (SSSR count). The molecule has 0 saturated carbocycles. The molecule has 5 heteroatoms. The summed E-state index contributed by atoms with van der Waals surface area (Å²) >= 11 is 0. The Morgan fingerprint density at radius 3 is 2.79 bits per heavy atom. The van der Waals surface area contributed by atoms with Crippen molar-refractivity contribution in [1.29, 1.82) is 0 Å². The molecule has 100 valence electrons. The van der Waals surface area contributed by atoms with E-state index in [-0.39, 0.29) is 17.8 Å². The molecular formula is C14H16N2O3. The standard InChI is InChI=1S/C14H16N2O3/c1-5-16-7-8(2)6-14(3)11(16)9-10(19-14)13(18)15(4)12(9)17/h1,6,11,17-18H,7H2,2-4H3/t11-,14-/m0/s1. The van der Waals surface area contributed by atoms with Crippen LogP contribution in [0.1, 0.15) is 25.5 Å². The predicted molar refractivity (Wildman–Crippen MR) is 69.8 cm³/mol. The van der Waals surface area contributed by atoms with Gasteiger partial charge in [0.05, 0.1) is 5.56 Å². The van der Waals surface area contributed by atoms with Crippen LogP contribution < -0.4 is 4.74 Å². The first-order valence-electron chi connectivity index (χ1n) is 6.09. The number of aromatic nitrogens is 1. The van der Waals surface area contributed by atoms with Gasteiger partial charge in [-0.05, 0) is 19.9 Å². The van der Waals surface area contributed by atoms with Crippen molar-refractivity contribution in [2.24, 2.45) is 7.05 Å². The monoisotopic (exact) mass is 260 g/mol. The van der Waals surface area contributed by atoms with Crippen LogP contribution in [0.5, 0.6) is 17.5 Å². The molecule has 5 nitrogen and oxygen atoms in total. The maximum atomic E-state index is 10.2. The van der Waals surface area contributed by atoms with E-state index in [1.165, 1.54) is 4.57 Å². The van der Waals surface area contributed by atoms with Gasteiger partial charge in [-0.15, -0.1) is 0 Å². The Labute approximate surface area is 111 Å². The molecule has 1 aromatic rings. The molecule has 2 aliphatic rings. The van der Waals surface area contributed by atoms with Gasteiger partial charge in [0.1, 0.15) is 6.04 Å². The van der Waals surface area contributed by atoms with Crippen LogP contribution in [0.3, 0.4) is 0 Å². The highest BCUT2D eigenvalue weighted by molar-refractivity contribution is 5.58. The summed E-state index contributed by atoms with van der Waals surface area (Å²) in [6.07, 6.45) is 7.58. The number of rotatable bonds is 0. The van der Waals surface area contributed by atoms with E-state index in [0.29, 0.717) is 17.9 Å². The number of aromatic hydroxyl groups is 2. The number of ether oxygens (including phenoxy) is 1. The van der Waals surface area contributed by atoms with E-state index in [2.05, 4.69) is 6.04 Å². The van der Waals surface area contributed by atoms with Crippen molar-refractivity contribution in [3.63, 3.8) is 0 Å². The van der Waals surface area contributed by atoms with E-state index in [4.69, 9.17) is 11.2 Å². The lowest BCUT2D eigenvalue weighted by Gasteiger charge is -2.39. The lowest BCUT2D eigenvalue weighted by Crippen LogP contribution is -2.45. The second-order valence-corrected chi connectivity index (χ2v) is 5.39. The molecule has 0 saturated heterocycles. The van der Waals surface area contributed by atoms with E-state index < -0.39 is 5.60 Å². The van der Waals surface area contributed by atoms with Crippen LogP contribution in [0.15, 0.2) is 11.6 Å².